The van der Waals surface area contributed by atoms with E-state index in [1.807, 2.05) is 6.92 Å². The Morgan fingerprint density at radius 1 is 1.27 bits per heavy atom. The van der Waals surface area contributed by atoms with Crippen LogP contribution in [-0.2, 0) is 16.1 Å². The summed E-state index contributed by atoms with van der Waals surface area (Å²) in [5, 5.41) is 21.9. The first-order valence-corrected chi connectivity index (χ1v) is 10.1. The average molecular weight is 452 g/mol. The molecule has 0 unspecified atom stereocenters. The Morgan fingerprint density at radius 3 is 2.73 bits per heavy atom. The number of ether oxygens (including phenoxy) is 1. The molecule has 0 bridgehead atoms. The van der Waals surface area contributed by atoms with E-state index in [1.165, 1.54) is 25.8 Å². The molecule has 2 amide bonds. The molecule has 0 atom stereocenters. The zero-order chi connectivity index (χ0) is 21.7. The van der Waals surface area contributed by atoms with Gasteiger partial charge in [-0.05, 0) is 35.4 Å². The number of rotatable bonds is 8. The van der Waals surface area contributed by atoms with Crippen LogP contribution in [0.4, 0.5) is 11.5 Å². The first-order chi connectivity index (χ1) is 14.4. The van der Waals surface area contributed by atoms with Crippen molar-refractivity contribution in [3.8, 4) is 17.3 Å². The fraction of sp³-hybridized carbons (Fsp3) is 0.294. The van der Waals surface area contributed by atoms with E-state index in [9.17, 15) is 9.59 Å². The van der Waals surface area contributed by atoms with Gasteiger partial charge in [-0.3, -0.25) is 9.59 Å². The highest BCUT2D eigenvalue weighted by molar-refractivity contribution is 7.99. The van der Waals surface area contributed by atoms with Crippen molar-refractivity contribution in [2.24, 2.45) is 0 Å². The van der Waals surface area contributed by atoms with Crippen LogP contribution in [0.15, 0.2) is 28.0 Å². The van der Waals surface area contributed by atoms with E-state index in [-0.39, 0.29) is 29.1 Å². The van der Waals surface area contributed by atoms with E-state index in [4.69, 9.17) is 21.0 Å². The van der Waals surface area contributed by atoms with Crippen molar-refractivity contribution in [3.05, 3.63) is 23.2 Å². The lowest BCUT2D eigenvalue weighted by Crippen LogP contribution is -2.14. The van der Waals surface area contributed by atoms with Crippen LogP contribution in [0.25, 0.3) is 11.5 Å². The van der Waals surface area contributed by atoms with Crippen molar-refractivity contribution in [1.29, 1.82) is 0 Å². The second-order valence-electron chi connectivity index (χ2n) is 5.88. The van der Waals surface area contributed by atoms with Gasteiger partial charge in [-0.25, -0.2) is 4.63 Å². The third-order valence-corrected chi connectivity index (χ3v) is 5.06. The van der Waals surface area contributed by atoms with Gasteiger partial charge in [-0.2, -0.15) is 0 Å². The summed E-state index contributed by atoms with van der Waals surface area (Å²) in [4.78, 5) is 23.6. The Bertz CT molecular complexity index is 1070. The van der Waals surface area contributed by atoms with Gasteiger partial charge in [0.2, 0.25) is 17.6 Å². The largest absolute Gasteiger partial charge is 0.495 e. The molecule has 0 aliphatic rings. The number of halogens is 1. The van der Waals surface area contributed by atoms with Crippen molar-refractivity contribution in [3.63, 3.8) is 0 Å². The molecule has 0 spiro atoms. The molecule has 30 heavy (non-hydrogen) atoms. The summed E-state index contributed by atoms with van der Waals surface area (Å²) >= 11 is 7.28. The van der Waals surface area contributed by atoms with Crippen LogP contribution in [0, 0.1) is 0 Å². The summed E-state index contributed by atoms with van der Waals surface area (Å²) in [6, 6.07) is 4.97. The summed E-state index contributed by atoms with van der Waals surface area (Å²) in [6.45, 7) is 3.74. The standard InChI is InChI=1S/C17H18ClN7O4S/c1-4-25-16(14-15(19-9(2)26)24-29-23-14)21-22-17(25)30-8-13(27)20-10-5-6-12(28-3)11(18)7-10/h5-7H,4,8H2,1-3H3,(H,20,27)(H,19,24,26). The fourth-order valence-electron chi connectivity index (χ4n) is 2.51. The minimum Gasteiger partial charge on any atom is -0.495 e. The number of hydrogen-bond donors (Lipinski definition) is 2. The summed E-state index contributed by atoms with van der Waals surface area (Å²) < 4.78 is 11.5. The van der Waals surface area contributed by atoms with E-state index in [2.05, 4.69) is 31.1 Å². The minimum atomic E-state index is -0.320. The second kappa shape index (κ2) is 9.59. The van der Waals surface area contributed by atoms with Gasteiger partial charge in [0.05, 0.1) is 17.9 Å². The van der Waals surface area contributed by atoms with Crippen LogP contribution >= 0.6 is 23.4 Å². The molecule has 3 aromatic rings. The van der Waals surface area contributed by atoms with Crippen LogP contribution in [-0.4, -0.2) is 49.8 Å². The molecule has 3 rings (SSSR count). The highest BCUT2D eigenvalue weighted by atomic mass is 35.5. The lowest BCUT2D eigenvalue weighted by molar-refractivity contribution is -0.114. The normalized spacial score (nSPS) is 10.7. The van der Waals surface area contributed by atoms with Crippen LogP contribution in [0.5, 0.6) is 5.75 Å². The SMILES string of the molecule is CCn1c(SCC(=O)Nc2ccc(OC)c(Cl)c2)nnc1-c1nonc1NC(C)=O. The van der Waals surface area contributed by atoms with Gasteiger partial charge in [-0.15, -0.1) is 10.2 Å². The summed E-state index contributed by atoms with van der Waals surface area (Å²) in [7, 11) is 1.52. The number of nitrogens with one attached hydrogen (secondary N) is 2. The number of carbonyl (C=O) groups is 2. The highest BCUT2D eigenvalue weighted by Crippen LogP contribution is 2.29. The molecule has 1 aromatic carbocycles. The molecule has 158 valence electrons. The van der Waals surface area contributed by atoms with Crippen LogP contribution < -0.4 is 15.4 Å². The van der Waals surface area contributed by atoms with Gasteiger partial charge in [0.1, 0.15) is 5.75 Å². The molecule has 11 nitrogen and oxygen atoms in total. The van der Waals surface area contributed by atoms with E-state index < -0.39 is 0 Å². The third kappa shape index (κ3) is 4.89. The molecule has 0 saturated heterocycles. The Morgan fingerprint density at radius 2 is 2.07 bits per heavy atom. The van der Waals surface area contributed by atoms with Gasteiger partial charge < -0.3 is 19.9 Å². The summed E-state index contributed by atoms with van der Waals surface area (Å²) in [5.41, 5.74) is 0.807. The third-order valence-electron chi connectivity index (χ3n) is 3.80. The number of aromatic nitrogens is 5. The fourth-order valence-corrected chi connectivity index (χ4v) is 3.57. The number of amides is 2. The van der Waals surface area contributed by atoms with Crippen LogP contribution in [0.2, 0.25) is 5.02 Å². The molecule has 2 heterocycles. The molecule has 2 aromatic heterocycles. The minimum absolute atomic E-state index is 0.0946. The van der Waals surface area contributed by atoms with Crippen molar-refractivity contribution in [1.82, 2.24) is 25.1 Å². The van der Waals surface area contributed by atoms with E-state index in [0.717, 1.165) is 0 Å². The quantitative estimate of drug-likeness (QED) is 0.495. The molecular formula is C17H18ClN7O4S. The number of methoxy groups -OCH3 is 1. The number of benzene rings is 1. The zero-order valence-corrected chi connectivity index (χ0v) is 17.9. The summed E-state index contributed by atoms with van der Waals surface area (Å²) in [5.74, 6) is 0.573. The Labute approximate surface area is 180 Å². The predicted molar refractivity (Wildman–Crippen MR) is 111 cm³/mol. The summed E-state index contributed by atoms with van der Waals surface area (Å²) in [6.07, 6.45) is 0. The van der Waals surface area contributed by atoms with Gasteiger partial charge in [0, 0.05) is 19.2 Å². The van der Waals surface area contributed by atoms with Gasteiger partial charge in [-0.1, -0.05) is 23.4 Å². The second-order valence-corrected chi connectivity index (χ2v) is 7.23. The molecular weight excluding hydrogens is 434 g/mol. The lowest BCUT2D eigenvalue weighted by Gasteiger charge is -2.08. The van der Waals surface area contributed by atoms with Gasteiger partial charge in [0.15, 0.2) is 16.7 Å². The lowest BCUT2D eigenvalue weighted by atomic mass is 10.3. The van der Waals surface area contributed by atoms with Crippen molar-refractivity contribution >= 4 is 46.7 Å². The first-order valence-electron chi connectivity index (χ1n) is 8.72. The highest BCUT2D eigenvalue weighted by Gasteiger charge is 2.22. The van der Waals surface area contributed by atoms with Crippen molar-refractivity contribution in [2.75, 3.05) is 23.5 Å². The number of anilines is 2. The van der Waals surface area contributed by atoms with Crippen LogP contribution in [0.1, 0.15) is 13.8 Å². The van der Waals surface area contributed by atoms with Crippen LogP contribution in [0.3, 0.4) is 0 Å². The first kappa shape index (κ1) is 21.6. The smallest absolute Gasteiger partial charge is 0.234 e. The molecule has 0 fully saturated rings. The maximum Gasteiger partial charge on any atom is 0.234 e. The predicted octanol–water partition coefficient (Wildman–Crippen LogP) is 2.70. The van der Waals surface area contributed by atoms with Crippen molar-refractivity contribution < 1.29 is 19.0 Å². The molecule has 13 heteroatoms. The number of carbonyl (C=O) groups excluding carboxylic acids is 2. The Hall–Kier alpha value is -3.12. The number of hydrogen-bond acceptors (Lipinski definition) is 9. The Balaban J connectivity index is 1.69. The zero-order valence-electron chi connectivity index (χ0n) is 16.3. The van der Waals surface area contributed by atoms with E-state index in [1.54, 1.807) is 22.8 Å². The van der Waals surface area contributed by atoms with Gasteiger partial charge in [0.25, 0.3) is 0 Å². The number of thioether (sulfide) groups is 1. The maximum atomic E-state index is 12.3. The van der Waals surface area contributed by atoms with Gasteiger partial charge >= 0.3 is 0 Å². The molecule has 2 N–H and O–H groups in total. The maximum absolute atomic E-state index is 12.3. The van der Waals surface area contributed by atoms with E-state index in [0.29, 0.717) is 34.0 Å². The molecule has 0 aliphatic heterocycles. The van der Waals surface area contributed by atoms with E-state index >= 15 is 0 Å². The topological polar surface area (TPSA) is 137 Å². The monoisotopic (exact) mass is 451 g/mol. The molecule has 0 aliphatic carbocycles. The van der Waals surface area contributed by atoms with Crippen molar-refractivity contribution in [2.45, 2.75) is 25.5 Å². The number of nitrogens with zero attached hydrogens (tertiary/aromatic N) is 5. The Kier molecular flexibility index (Phi) is 6.90. The molecule has 0 radical (unpaired) electrons. The average Bonchev–Trinajstić information content (AvgIpc) is 3.32. The molecule has 0 saturated carbocycles.